The summed E-state index contributed by atoms with van der Waals surface area (Å²) in [6, 6.07) is 31.2. The van der Waals surface area contributed by atoms with E-state index in [2.05, 4.69) is 24.3 Å². The number of aliphatic hydroxyl groups is 2. The highest BCUT2D eigenvalue weighted by Crippen LogP contribution is 2.46. The van der Waals surface area contributed by atoms with Crippen LogP contribution in [0.5, 0.6) is 23.0 Å². The fourth-order valence-corrected chi connectivity index (χ4v) is 5.58. The Bertz CT molecular complexity index is 1280. The molecule has 1 fully saturated rings. The minimum atomic E-state index is -0.709. The normalized spacial score (nSPS) is 18.0. The van der Waals surface area contributed by atoms with E-state index < -0.39 is 12.2 Å². The predicted octanol–water partition coefficient (Wildman–Crippen LogP) is 6.98. The number of methoxy groups -OCH3 is 2. The molecule has 6 nitrogen and oxygen atoms in total. The molecule has 0 saturated heterocycles. The number of benzene rings is 4. The third-order valence-electron chi connectivity index (χ3n) is 7.91. The topological polar surface area (TPSA) is 77.4 Å². The maximum Gasteiger partial charge on any atom is 0.161 e. The molecule has 0 bridgehead atoms. The van der Waals surface area contributed by atoms with Crippen molar-refractivity contribution in [2.75, 3.05) is 27.4 Å². The Hall–Kier alpha value is -4.00. The Morgan fingerprint density at radius 2 is 1.00 bits per heavy atom. The molecule has 0 aromatic heterocycles. The number of ether oxygens (including phenoxy) is 4. The van der Waals surface area contributed by atoms with Crippen molar-refractivity contribution in [1.82, 2.24) is 0 Å². The molecule has 1 saturated carbocycles. The van der Waals surface area contributed by atoms with Crippen LogP contribution in [0.15, 0.2) is 97.1 Å². The van der Waals surface area contributed by atoms with Gasteiger partial charge in [-0.3, -0.25) is 0 Å². The largest absolute Gasteiger partial charge is 0.493 e. The first-order valence-corrected chi connectivity index (χ1v) is 14.1. The fourth-order valence-electron chi connectivity index (χ4n) is 5.58. The standard InChI is InChI=1S/C35H38O6/c1-38-34-20-28(15-17-32(34)40-22-30(36)24-9-5-3-6-10-24)26-13-14-27(19-26)29-16-18-33(35(21-29)39-2)41-23-31(37)25-11-7-4-8-12-25/h3-12,15-18,20-21,26-27,30-31,36-37H,13-14,19,22-23H2,1-2H3/t26-,27+,30?,31?. The van der Waals surface area contributed by atoms with Crippen molar-refractivity contribution in [2.45, 2.75) is 43.3 Å². The molecule has 0 aliphatic heterocycles. The number of hydrogen-bond acceptors (Lipinski definition) is 6. The quantitative estimate of drug-likeness (QED) is 0.197. The van der Waals surface area contributed by atoms with E-state index in [1.165, 1.54) is 11.1 Å². The van der Waals surface area contributed by atoms with Gasteiger partial charge in [0.15, 0.2) is 23.0 Å². The van der Waals surface area contributed by atoms with Gasteiger partial charge in [-0.05, 0) is 77.6 Å². The molecule has 214 valence electrons. The zero-order valence-corrected chi connectivity index (χ0v) is 23.6. The van der Waals surface area contributed by atoms with Gasteiger partial charge in [0.1, 0.15) is 25.4 Å². The van der Waals surface area contributed by atoms with Gasteiger partial charge < -0.3 is 29.2 Å². The van der Waals surface area contributed by atoms with Crippen LogP contribution >= 0.6 is 0 Å². The maximum absolute atomic E-state index is 10.5. The van der Waals surface area contributed by atoms with E-state index in [0.29, 0.717) is 34.8 Å². The second-order valence-electron chi connectivity index (χ2n) is 10.5. The third-order valence-corrected chi connectivity index (χ3v) is 7.91. The second-order valence-corrected chi connectivity index (χ2v) is 10.5. The summed E-state index contributed by atoms with van der Waals surface area (Å²) in [7, 11) is 3.29. The Morgan fingerprint density at radius 3 is 1.39 bits per heavy atom. The van der Waals surface area contributed by atoms with Crippen LogP contribution < -0.4 is 18.9 Å². The average Bonchev–Trinajstić information content (AvgIpc) is 3.53. The molecule has 4 aromatic rings. The Balaban J connectivity index is 1.20. The van der Waals surface area contributed by atoms with Crippen molar-refractivity contribution in [3.05, 3.63) is 119 Å². The van der Waals surface area contributed by atoms with Crippen LogP contribution in [-0.2, 0) is 0 Å². The molecule has 0 heterocycles. The maximum atomic E-state index is 10.5. The van der Waals surface area contributed by atoms with Gasteiger partial charge in [-0.1, -0.05) is 72.8 Å². The molecule has 6 heteroatoms. The SMILES string of the molecule is COc1cc([C@@H]2CC[C@H](c3ccc(OCC(O)c4ccccc4)c(OC)c3)C2)ccc1OCC(O)c1ccccc1. The molecule has 5 rings (SSSR count). The van der Waals surface area contributed by atoms with E-state index in [1.807, 2.05) is 72.8 Å². The smallest absolute Gasteiger partial charge is 0.161 e. The van der Waals surface area contributed by atoms with Crippen molar-refractivity contribution in [2.24, 2.45) is 0 Å². The number of hydrogen-bond donors (Lipinski definition) is 2. The lowest BCUT2D eigenvalue weighted by Crippen LogP contribution is -2.10. The molecule has 41 heavy (non-hydrogen) atoms. The van der Waals surface area contributed by atoms with E-state index >= 15 is 0 Å². The molecular formula is C35H38O6. The van der Waals surface area contributed by atoms with Crippen LogP contribution in [-0.4, -0.2) is 37.6 Å². The van der Waals surface area contributed by atoms with Crippen LogP contribution in [0.2, 0.25) is 0 Å². The van der Waals surface area contributed by atoms with Gasteiger partial charge in [-0.25, -0.2) is 0 Å². The second kappa shape index (κ2) is 13.6. The number of rotatable bonds is 12. The lowest BCUT2D eigenvalue weighted by atomic mass is 9.92. The van der Waals surface area contributed by atoms with Gasteiger partial charge in [-0.15, -0.1) is 0 Å². The summed E-state index contributed by atoms with van der Waals surface area (Å²) in [5.41, 5.74) is 4.09. The monoisotopic (exact) mass is 554 g/mol. The summed E-state index contributed by atoms with van der Waals surface area (Å²) in [6.45, 7) is 0.302. The van der Waals surface area contributed by atoms with E-state index in [0.717, 1.165) is 30.4 Å². The average molecular weight is 555 g/mol. The van der Waals surface area contributed by atoms with Crippen LogP contribution in [0.4, 0.5) is 0 Å². The summed E-state index contributed by atoms with van der Waals surface area (Å²) in [5.74, 6) is 3.40. The summed E-state index contributed by atoms with van der Waals surface area (Å²) in [5, 5.41) is 20.9. The Morgan fingerprint density at radius 1 is 0.585 bits per heavy atom. The van der Waals surface area contributed by atoms with Gasteiger partial charge in [0.25, 0.3) is 0 Å². The fraction of sp³-hybridized carbons (Fsp3) is 0.314. The summed E-state index contributed by atoms with van der Waals surface area (Å²) in [6.07, 6.45) is 1.75. The van der Waals surface area contributed by atoms with E-state index in [4.69, 9.17) is 18.9 Å². The Labute approximate surface area is 242 Å². The molecule has 2 unspecified atom stereocenters. The van der Waals surface area contributed by atoms with Gasteiger partial charge in [-0.2, -0.15) is 0 Å². The summed E-state index contributed by atoms with van der Waals surface area (Å²) in [4.78, 5) is 0. The highest BCUT2D eigenvalue weighted by molar-refractivity contribution is 5.46. The summed E-state index contributed by atoms with van der Waals surface area (Å²) < 4.78 is 23.2. The van der Waals surface area contributed by atoms with E-state index in [9.17, 15) is 10.2 Å². The highest BCUT2D eigenvalue weighted by Gasteiger charge is 2.28. The molecule has 2 N–H and O–H groups in total. The Kier molecular flexibility index (Phi) is 9.44. The van der Waals surface area contributed by atoms with E-state index in [-0.39, 0.29) is 13.2 Å². The van der Waals surface area contributed by atoms with Crippen molar-refractivity contribution in [3.63, 3.8) is 0 Å². The zero-order valence-electron chi connectivity index (χ0n) is 23.6. The third kappa shape index (κ3) is 7.02. The van der Waals surface area contributed by atoms with Crippen molar-refractivity contribution in [1.29, 1.82) is 0 Å². The molecule has 0 radical (unpaired) electrons. The first-order valence-electron chi connectivity index (χ1n) is 14.1. The number of aliphatic hydroxyl groups excluding tert-OH is 2. The van der Waals surface area contributed by atoms with Crippen molar-refractivity contribution in [3.8, 4) is 23.0 Å². The lowest BCUT2D eigenvalue weighted by molar-refractivity contribution is 0.106. The molecule has 1 aliphatic carbocycles. The molecule has 0 amide bonds. The minimum Gasteiger partial charge on any atom is -0.493 e. The van der Waals surface area contributed by atoms with Gasteiger partial charge in [0, 0.05) is 0 Å². The minimum absolute atomic E-state index is 0.151. The molecule has 0 spiro atoms. The van der Waals surface area contributed by atoms with Crippen LogP contribution in [0.1, 0.15) is 65.6 Å². The highest BCUT2D eigenvalue weighted by atomic mass is 16.5. The molecule has 4 aromatic carbocycles. The molecule has 4 atom stereocenters. The van der Waals surface area contributed by atoms with Gasteiger partial charge in [0.2, 0.25) is 0 Å². The van der Waals surface area contributed by atoms with Gasteiger partial charge in [0.05, 0.1) is 14.2 Å². The van der Waals surface area contributed by atoms with Crippen LogP contribution in [0, 0.1) is 0 Å². The summed E-state index contributed by atoms with van der Waals surface area (Å²) >= 11 is 0. The van der Waals surface area contributed by atoms with Crippen molar-refractivity contribution >= 4 is 0 Å². The van der Waals surface area contributed by atoms with Crippen LogP contribution in [0.3, 0.4) is 0 Å². The first kappa shape index (κ1) is 28.5. The predicted molar refractivity (Wildman–Crippen MR) is 159 cm³/mol. The van der Waals surface area contributed by atoms with Gasteiger partial charge >= 0.3 is 0 Å². The molecule has 1 aliphatic rings. The lowest BCUT2D eigenvalue weighted by Gasteiger charge is -2.18. The van der Waals surface area contributed by atoms with E-state index in [1.54, 1.807) is 14.2 Å². The molecular weight excluding hydrogens is 516 g/mol. The first-order chi connectivity index (χ1) is 20.1. The van der Waals surface area contributed by atoms with Crippen LogP contribution in [0.25, 0.3) is 0 Å². The van der Waals surface area contributed by atoms with Crippen molar-refractivity contribution < 1.29 is 29.2 Å². The zero-order chi connectivity index (χ0) is 28.6.